The molecular weight excluding hydrogens is 1560 g/mol. The van der Waals surface area contributed by atoms with E-state index in [1.165, 1.54) is 62.2 Å². The van der Waals surface area contributed by atoms with E-state index < -0.39 is 80.9 Å². The Morgan fingerprint density at radius 1 is 0.573 bits per heavy atom. The summed E-state index contributed by atoms with van der Waals surface area (Å²) in [5.41, 5.74) is 7.42. The maximum atomic E-state index is 14.5. The number of amides is 2. The van der Waals surface area contributed by atoms with Crippen LogP contribution in [-0.2, 0) is 78.3 Å². The summed E-state index contributed by atoms with van der Waals surface area (Å²) in [6.45, 7) is 3.81. The van der Waals surface area contributed by atoms with Gasteiger partial charge in [0.15, 0.2) is 61.7 Å². The first-order chi connectivity index (χ1) is 56.5. The minimum absolute atomic E-state index is 0.0149. The van der Waals surface area contributed by atoms with Crippen molar-refractivity contribution in [3.05, 3.63) is 207 Å². The molecule has 33 heteroatoms. The first kappa shape index (κ1) is 84.1. The van der Waals surface area contributed by atoms with Crippen LogP contribution in [-0.4, -0.2) is 219 Å². The fourth-order valence-corrected chi connectivity index (χ4v) is 16.0. The van der Waals surface area contributed by atoms with Crippen LogP contribution in [0.4, 0.5) is 5.69 Å². The van der Waals surface area contributed by atoms with Gasteiger partial charge in [0.25, 0.3) is 11.8 Å². The quantitative estimate of drug-likeness (QED) is 0.0207. The van der Waals surface area contributed by atoms with E-state index in [2.05, 4.69) is 16.4 Å². The lowest BCUT2D eigenvalue weighted by Gasteiger charge is -2.39. The molecular formula is C84H91N7O24S2. The number of ether oxygens (including phenoxy) is 9. The monoisotopic (exact) mass is 1650 g/mol. The number of Topliss-reactive ketones (excluding diaryl/α,β-unsaturated/α-hetero) is 3. The van der Waals surface area contributed by atoms with Gasteiger partial charge in [-0.25, -0.2) is 13.1 Å². The van der Waals surface area contributed by atoms with Gasteiger partial charge in [-0.3, -0.25) is 34.0 Å². The number of fused-ring (bicyclic) bond motifs is 6. The van der Waals surface area contributed by atoms with Gasteiger partial charge in [-0.2, -0.15) is 0 Å². The largest absolute Gasteiger partial charge is 0.501 e. The lowest BCUT2D eigenvalue weighted by molar-refractivity contribution is -0.277. The molecule has 1 unspecified atom stereocenters. The van der Waals surface area contributed by atoms with Crippen LogP contribution in [0.25, 0.3) is 0 Å². The number of aliphatic hydroxyl groups excluding tert-OH is 4. The first-order valence-electron chi connectivity index (χ1n) is 38.5. The van der Waals surface area contributed by atoms with Crippen molar-refractivity contribution < 1.29 is 112 Å². The number of hydrogen-bond acceptors (Lipinski definition) is 28. The average Bonchev–Trinajstić information content (AvgIpc) is 1.67. The average molecular weight is 1650 g/mol. The summed E-state index contributed by atoms with van der Waals surface area (Å²) in [6, 6.07) is 35.2. The Labute approximate surface area is 675 Å². The summed E-state index contributed by atoms with van der Waals surface area (Å²) in [5, 5.41) is 50.0. The smallest absolute Gasteiger partial charge is 0.493 e. The van der Waals surface area contributed by atoms with Crippen LogP contribution in [0.2, 0.25) is 0 Å². The lowest BCUT2D eigenvalue weighted by atomic mass is 9.94. The molecule has 13 rings (SSSR count). The predicted molar refractivity (Wildman–Crippen MR) is 422 cm³/mol. The minimum atomic E-state index is -5.12. The summed E-state index contributed by atoms with van der Waals surface area (Å²) >= 11 is 0. The van der Waals surface area contributed by atoms with Gasteiger partial charge in [-0.15, -0.1) is 13.5 Å². The zero-order valence-electron chi connectivity index (χ0n) is 64.6. The molecule has 4 N–H and O–H groups in total. The fourth-order valence-electron chi connectivity index (χ4n) is 14.1. The van der Waals surface area contributed by atoms with E-state index in [0.717, 1.165) is 29.2 Å². The van der Waals surface area contributed by atoms with E-state index in [0.29, 0.717) is 115 Å². The van der Waals surface area contributed by atoms with Crippen molar-refractivity contribution in [1.29, 1.82) is 0 Å². The van der Waals surface area contributed by atoms with Crippen LogP contribution >= 0.6 is 0 Å². The van der Waals surface area contributed by atoms with Crippen molar-refractivity contribution in [3.8, 4) is 40.2 Å². The highest BCUT2D eigenvalue weighted by atomic mass is 32.3. The maximum absolute atomic E-state index is 14.5. The zero-order valence-corrected chi connectivity index (χ0v) is 66.3. The molecule has 6 heterocycles. The number of aliphatic imine (C=N–C) groups is 2. The van der Waals surface area contributed by atoms with E-state index in [-0.39, 0.29) is 135 Å². The Hall–Kier alpha value is -10.9. The number of methoxy groups -OCH3 is 2. The number of carbonyl (C=O) groups excluding carboxylic acids is 5. The molecule has 117 heavy (non-hydrogen) atoms. The van der Waals surface area contributed by atoms with Crippen molar-refractivity contribution in [2.75, 3.05) is 72.8 Å². The molecule has 1 saturated heterocycles. The number of rotatable bonds is 40. The summed E-state index contributed by atoms with van der Waals surface area (Å²) in [5.74, 6) is -1.42. The molecule has 8 aromatic rings. The van der Waals surface area contributed by atoms with Crippen LogP contribution in [0, 0.1) is 6.92 Å². The number of nitrogens with zero attached hydrogens (tertiary/aromatic N) is 7. The second-order valence-corrected chi connectivity index (χ2v) is 31.9. The molecule has 618 valence electrons. The summed E-state index contributed by atoms with van der Waals surface area (Å²) < 4.78 is 119. The Balaban J connectivity index is 0.547. The van der Waals surface area contributed by atoms with Crippen molar-refractivity contribution >= 4 is 67.5 Å². The van der Waals surface area contributed by atoms with Gasteiger partial charge in [0.05, 0.1) is 107 Å². The van der Waals surface area contributed by atoms with Gasteiger partial charge < -0.3 is 81.2 Å². The number of ketones is 3. The number of aryl methyl sites for hydroxylation is 1. The van der Waals surface area contributed by atoms with Crippen molar-refractivity contribution in [1.82, 2.24) is 24.8 Å². The molecule has 1 fully saturated rings. The third-order valence-electron chi connectivity index (χ3n) is 20.5. The van der Waals surface area contributed by atoms with Crippen molar-refractivity contribution in [2.24, 2.45) is 9.98 Å². The highest BCUT2D eigenvalue weighted by Gasteiger charge is 2.46. The van der Waals surface area contributed by atoms with Gasteiger partial charge in [-0.1, -0.05) is 71.4 Å². The minimum Gasteiger partial charge on any atom is -0.493 e. The van der Waals surface area contributed by atoms with Gasteiger partial charge in [0, 0.05) is 92.7 Å². The normalized spacial score (nSPS) is 18.7. The summed E-state index contributed by atoms with van der Waals surface area (Å²) in [6.07, 6.45) is -0.347. The second-order valence-electron chi connectivity index (χ2n) is 28.7. The molecule has 0 aliphatic carbocycles. The van der Waals surface area contributed by atoms with Crippen LogP contribution in [0.5, 0.6) is 40.2 Å². The SMILES string of the molecule is COc1cc2c(cc1OCCCCCOc1cc3c(cc1OC)C(=O)N1Cc4cc(OS(=O)(=O)Oc5cc(C(=O)CCCOCCn6cc(COCCOCCCC(=O)c7cccc(C(=O)CCS(=O)(=O)c8ccc(C)cc8)c7)nn6)ccc5OC5O[C@H](CO)[C@H](O)[C@H](O)[C@H]5O)ccc4C[C@H]1C=N3)C=N[C@@H]1Cc3ccccc3CN1C2=O. The Morgan fingerprint density at radius 2 is 1.23 bits per heavy atom. The van der Waals surface area contributed by atoms with Crippen molar-refractivity contribution in [2.45, 2.75) is 145 Å². The van der Waals surface area contributed by atoms with Crippen LogP contribution < -0.4 is 32.1 Å². The standard InChI is InChI=1S/C84H91N7O24S2/c1-52-18-23-64(24-19-52)116(101,102)35-26-70(95)56-15-9-14-55(36-56)68(93)16-11-29-108-33-34-109-51-61-49-89(88-87-61)27-32-107-28-10-17-69(94)57-21-25-71(112-84-81(98)80(97)79(96)77(50-92)113-84)76(39-57)115-117(103,104)114-63-22-20-54-37-62-46-85-67-44-75(73(106-3)43-66(67)83(100)90(62)48-60(54)38-63)111-31-8-4-7-30-110-74-40-59-45-86-78-41-53-12-5-6-13-58(53)47-91(78)82(99)65(59)42-72(74)105-2/h5-6,9,12-15,18-25,36,38-40,42-46,49,62,77-81,84,92,96-98H,4,7-8,10-11,16-17,26-35,37,41,47-48,50-51H2,1-3H3/t62-,77+,78-,79-,80-,81+,84?/m0/s1. The van der Waals surface area contributed by atoms with Gasteiger partial charge in [0.2, 0.25) is 6.29 Å². The molecule has 0 radical (unpaired) electrons. The third-order valence-corrected chi connectivity index (χ3v) is 23.0. The molecule has 31 nitrogen and oxygen atoms in total. The third kappa shape index (κ3) is 20.9. The molecule has 7 atom stereocenters. The highest BCUT2D eigenvalue weighted by Crippen LogP contribution is 2.41. The van der Waals surface area contributed by atoms with Gasteiger partial charge >= 0.3 is 10.4 Å². The van der Waals surface area contributed by atoms with Crippen molar-refractivity contribution in [3.63, 3.8) is 0 Å². The topological polar surface area (TPSA) is 398 Å². The summed E-state index contributed by atoms with van der Waals surface area (Å²) in [7, 11) is -5.77. The van der Waals surface area contributed by atoms with Gasteiger partial charge in [0.1, 0.15) is 42.0 Å². The van der Waals surface area contributed by atoms with Crippen LogP contribution in [0.3, 0.4) is 0 Å². The molecule has 0 spiro atoms. The molecule has 1 aromatic heterocycles. The number of unbranched alkanes of at least 4 members (excludes halogenated alkanes) is 2. The second kappa shape index (κ2) is 38.5. The highest BCUT2D eigenvalue weighted by molar-refractivity contribution is 7.91. The number of hydrogen-bond donors (Lipinski definition) is 4. The van der Waals surface area contributed by atoms with Crippen LogP contribution in [0.15, 0.2) is 155 Å². The maximum Gasteiger partial charge on any atom is 0.501 e. The number of carbonyl (C=O) groups is 5. The molecule has 5 aliphatic heterocycles. The zero-order chi connectivity index (χ0) is 82.3. The van der Waals surface area contributed by atoms with Crippen LogP contribution in [0.1, 0.15) is 142 Å². The Kier molecular flexibility index (Phi) is 27.7. The fraction of sp³-hybridized carbons (Fsp3) is 0.393. The molecule has 0 saturated carbocycles. The Morgan fingerprint density at radius 3 is 1.96 bits per heavy atom. The number of sulfone groups is 1. The van der Waals surface area contributed by atoms with Gasteiger partial charge in [-0.05, 0) is 134 Å². The predicted octanol–water partition coefficient (Wildman–Crippen LogP) is 8.28. The number of aromatic nitrogens is 3. The molecule has 7 aromatic carbocycles. The van der Waals surface area contributed by atoms with E-state index in [4.69, 9.17) is 61.0 Å². The number of benzene rings is 7. The van der Waals surface area contributed by atoms with E-state index in [1.54, 1.807) is 93.8 Å². The lowest BCUT2D eigenvalue weighted by Crippen LogP contribution is -2.60. The summed E-state index contributed by atoms with van der Waals surface area (Å²) in [4.78, 5) is 81.1. The van der Waals surface area contributed by atoms with E-state index >= 15 is 0 Å². The van der Waals surface area contributed by atoms with E-state index in [9.17, 15) is 61.2 Å². The molecule has 0 bridgehead atoms. The molecule has 2 amide bonds. The van der Waals surface area contributed by atoms with E-state index in [1.807, 2.05) is 25.1 Å². The first-order valence-corrected chi connectivity index (χ1v) is 41.4. The Bertz CT molecular complexity index is 5230. The molecule has 5 aliphatic rings. The number of aliphatic hydroxyl groups is 4.